The van der Waals surface area contributed by atoms with Crippen molar-refractivity contribution in [1.29, 1.82) is 0 Å². The molecular weight excluding hydrogens is 272 g/mol. The molecule has 0 unspecified atom stereocenters. The van der Waals surface area contributed by atoms with Gasteiger partial charge in [-0.15, -0.1) is 10.6 Å². The molecule has 0 amide bonds. The van der Waals surface area contributed by atoms with E-state index in [1.165, 1.54) is 5.41 Å². The van der Waals surface area contributed by atoms with E-state index in [-0.39, 0.29) is 0 Å². The number of hydrogen-bond donors (Lipinski definition) is 3. The SMILES string of the molecule is OS1(O)C=Cc2c(CNCc3cccnc3)cccc21. The first-order chi connectivity index (χ1) is 9.67. The Morgan fingerprint density at radius 3 is 2.80 bits per heavy atom. The summed E-state index contributed by atoms with van der Waals surface area (Å²) in [5.41, 5.74) is 3.12. The Hall–Kier alpha value is -1.66. The monoisotopic (exact) mass is 288 g/mol. The molecule has 0 aliphatic carbocycles. The van der Waals surface area contributed by atoms with Crippen LogP contribution in [-0.4, -0.2) is 14.1 Å². The molecule has 0 fully saturated rings. The summed E-state index contributed by atoms with van der Waals surface area (Å²) in [7, 11) is -2.72. The number of hydrogen-bond acceptors (Lipinski definition) is 4. The van der Waals surface area contributed by atoms with E-state index < -0.39 is 10.6 Å². The Morgan fingerprint density at radius 1 is 1.10 bits per heavy atom. The van der Waals surface area contributed by atoms with E-state index in [1.54, 1.807) is 18.3 Å². The highest BCUT2D eigenvalue weighted by molar-refractivity contribution is 8.27. The van der Waals surface area contributed by atoms with Crippen molar-refractivity contribution in [3.05, 3.63) is 64.8 Å². The molecule has 20 heavy (non-hydrogen) atoms. The maximum Gasteiger partial charge on any atom is 0.0706 e. The minimum Gasteiger partial charge on any atom is -0.309 e. The van der Waals surface area contributed by atoms with Crippen LogP contribution in [0.1, 0.15) is 16.7 Å². The fraction of sp³-hybridized carbons (Fsp3) is 0.133. The third-order valence-corrected chi connectivity index (χ3v) is 4.79. The Kier molecular flexibility index (Phi) is 3.58. The average Bonchev–Trinajstić information content (AvgIpc) is 2.77. The lowest BCUT2D eigenvalue weighted by Crippen LogP contribution is -2.13. The zero-order valence-electron chi connectivity index (χ0n) is 10.9. The van der Waals surface area contributed by atoms with Crippen LogP contribution in [0.25, 0.3) is 6.08 Å². The highest BCUT2D eigenvalue weighted by Crippen LogP contribution is 2.56. The Bertz CT molecular complexity index is 642. The van der Waals surface area contributed by atoms with Gasteiger partial charge in [-0.3, -0.25) is 14.1 Å². The van der Waals surface area contributed by atoms with E-state index in [1.807, 2.05) is 30.5 Å². The third-order valence-electron chi connectivity index (χ3n) is 3.27. The molecule has 1 aromatic heterocycles. The van der Waals surface area contributed by atoms with Crippen molar-refractivity contribution in [2.45, 2.75) is 18.0 Å². The van der Waals surface area contributed by atoms with Crippen molar-refractivity contribution in [3.63, 3.8) is 0 Å². The van der Waals surface area contributed by atoms with E-state index in [0.29, 0.717) is 11.4 Å². The number of pyridine rings is 1. The molecule has 0 spiro atoms. The summed E-state index contributed by atoms with van der Waals surface area (Å²) in [4.78, 5) is 4.70. The normalized spacial score (nSPS) is 16.9. The second-order valence-corrected chi connectivity index (χ2v) is 6.59. The van der Waals surface area contributed by atoms with Gasteiger partial charge in [0.05, 0.1) is 4.90 Å². The second-order valence-electron chi connectivity index (χ2n) is 4.69. The van der Waals surface area contributed by atoms with Crippen molar-refractivity contribution in [1.82, 2.24) is 10.3 Å². The van der Waals surface area contributed by atoms with Crippen LogP contribution in [-0.2, 0) is 13.1 Å². The largest absolute Gasteiger partial charge is 0.309 e. The number of nitrogens with one attached hydrogen (secondary N) is 1. The molecule has 0 atom stereocenters. The van der Waals surface area contributed by atoms with Gasteiger partial charge in [0.15, 0.2) is 0 Å². The highest BCUT2D eigenvalue weighted by Gasteiger charge is 2.22. The molecule has 0 bridgehead atoms. The first-order valence-electron chi connectivity index (χ1n) is 6.35. The number of nitrogens with zero attached hydrogens (tertiary/aromatic N) is 1. The maximum absolute atomic E-state index is 9.90. The molecule has 1 aliphatic rings. The van der Waals surface area contributed by atoms with Crippen LogP contribution < -0.4 is 5.32 Å². The van der Waals surface area contributed by atoms with Crippen LogP contribution in [0, 0.1) is 0 Å². The lowest BCUT2D eigenvalue weighted by molar-refractivity contribution is 0.500. The lowest BCUT2D eigenvalue weighted by Gasteiger charge is -2.25. The predicted octanol–water partition coefficient (Wildman–Crippen LogP) is 3.47. The maximum atomic E-state index is 9.90. The number of benzene rings is 1. The van der Waals surface area contributed by atoms with E-state index in [9.17, 15) is 9.11 Å². The highest BCUT2D eigenvalue weighted by atomic mass is 32.3. The van der Waals surface area contributed by atoms with Gasteiger partial charge in [0.1, 0.15) is 0 Å². The average molecular weight is 288 g/mol. The minimum absolute atomic E-state index is 0.623. The molecule has 0 saturated carbocycles. The molecule has 5 heteroatoms. The van der Waals surface area contributed by atoms with Gasteiger partial charge in [-0.2, -0.15) is 0 Å². The van der Waals surface area contributed by atoms with Crippen molar-refractivity contribution >= 4 is 16.7 Å². The quantitative estimate of drug-likeness (QED) is 0.806. The van der Waals surface area contributed by atoms with Crippen LogP contribution in [0.2, 0.25) is 0 Å². The fourth-order valence-corrected chi connectivity index (χ4v) is 3.55. The van der Waals surface area contributed by atoms with Gasteiger partial charge < -0.3 is 5.32 Å². The standard InChI is InChI=1S/C15H16N2O2S/c18-20(19)8-6-14-13(4-1-5-15(14)20)11-17-10-12-3-2-7-16-9-12/h1-9,17-19H,10-11H2. The molecule has 4 nitrogen and oxygen atoms in total. The molecule has 1 aliphatic heterocycles. The van der Waals surface area contributed by atoms with Crippen LogP contribution in [0.15, 0.2) is 53.0 Å². The summed E-state index contributed by atoms with van der Waals surface area (Å²) < 4.78 is 19.8. The lowest BCUT2D eigenvalue weighted by atomic mass is 10.1. The van der Waals surface area contributed by atoms with Gasteiger partial charge in [-0.05, 0) is 29.3 Å². The summed E-state index contributed by atoms with van der Waals surface area (Å²) in [6.07, 6.45) is 5.38. The molecule has 3 N–H and O–H groups in total. The van der Waals surface area contributed by atoms with Gasteiger partial charge in [0.25, 0.3) is 0 Å². The molecule has 2 aromatic rings. The number of fused-ring (bicyclic) bond motifs is 1. The molecule has 1 aromatic carbocycles. The molecule has 0 radical (unpaired) electrons. The van der Waals surface area contributed by atoms with Gasteiger partial charge in [0, 0.05) is 36.5 Å². The van der Waals surface area contributed by atoms with E-state index in [4.69, 9.17) is 0 Å². The minimum atomic E-state index is -2.72. The van der Waals surface area contributed by atoms with Crippen LogP contribution in [0.4, 0.5) is 0 Å². The fourth-order valence-electron chi connectivity index (χ4n) is 2.28. The van der Waals surface area contributed by atoms with Crippen LogP contribution in [0.3, 0.4) is 0 Å². The number of rotatable bonds is 4. The molecule has 2 heterocycles. The van der Waals surface area contributed by atoms with E-state index in [0.717, 1.165) is 23.2 Å². The summed E-state index contributed by atoms with van der Waals surface area (Å²) >= 11 is 0. The van der Waals surface area contributed by atoms with Crippen LogP contribution >= 0.6 is 10.6 Å². The van der Waals surface area contributed by atoms with E-state index in [2.05, 4.69) is 10.3 Å². The zero-order chi connectivity index (χ0) is 14.0. The van der Waals surface area contributed by atoms with Crippen molar-refractivity contribution in [3.8, 4) is 0 Å². The Labute approximate surface area is 119 Å². The zero-order valence-corrected chi connectivity index (χ0v) is 11.7. The Morgan fingerprint density at radius 2 is 2.00 bits per heavy atom. The second kappa shape index (κ2) is 5.38. The Balaban J connectivity index is 1.71. The van der Waals surface area contributed by atoms with Crippen LogP contribution in [0.5, 0.6) is 0 Å². The van der Waals surface area contributed by atoms with Crippen molar-refractivity contribution in [2.75, 3.05) is 0 Å². The number of aromatic nitrogens is 1. The van der Waals surface area contributed by atoms with E-state index >= 15 is 0 Å². The van der Waals surface area contributed by atoms with Gasteiger partial charge in [-0.25, -0.2) is 0 Å². The third kappa shape index (κ3) is 2.62. The summed E-state index contributed by atoms with van der Waals surface area (Å²) in [5, 5.41) is 4.84. The first-order valence-corrected chi connectivity index (χ1v) is 7.96. The summed E-state index contributed by atoms with van der Waals surface area (Å²) in [6.45, 7) is 1.41. The molecular formula is C15H16N2O2S. The van der Waals surface area contributed by atoms with Crippen molar-refractivity contribution in [2.24, 2.45) is 0 Å². The molecule has 0 saturated heterocycles. The summed E-state index contributed by atoms with van der Waals surface area (Å²) in [6, 6.07) is 9.57. The van der Waals surface area contributed by atoms with Gasteiger partial charge in [0.2, 0.25) is 0 Å². The van der Waals surface area contributed by atoms with Gasteiger partial charge in [-0.1, -0.05) is 18.2 Å². The predicted molar refractivity (Wildman–Crippen MR) is 81.4 cm³/mol. The molecule has 3 rings (SSSR count). The van der Waals surface area contributed by atoms with Crippen molar-refractivity contribution < 1.29 is 9.11 Å². The smallest absolute Gasteiger partial charge is 0.0706 e. The topological polar surface area (TPSA) is 65.4 Å². The summed E-state index contributed by atoms with van der Waals surface area (Å²) in [5.74, 6) is 0. The first kappa shape index (κ1) is 13.3. The van der Waals surface area contributed by atoms with Gasteiger partial charge >= 0.3 is 0 Å². The molecule has 104 valence electrons.